The topological polar surface area (TPSA) is 82.2 Å². The summed E-state index contributed by atoms with van der Waals surface area (Å²) in [6, 6.07) is 6.64. The van der Waals surface area contributed by atoms with E-state index in [9.17, 15) is 4.79 Å². The zero-order chi connectivity index (χ0) is 15.3. The first kappa shape index (κ1) is 16.3. The minimum Gasteiger partial charge on any atom is -0.397 e. The highest BCUT2D eigenvalue weighted by Gasteiger charge is 2.22. The maximum absolute atomic E-state index is 12.2. The fourth-order valence-corrected chi connectivity index (χ4v) is 1.89. The first-order chi connectivity index (χ1) is 9.36. The molecule has 20 heavy (non-hydrogen) atoms. The average molecular weight is 295 g/mol. The molecule has 5 nitrogen and oxygen atoms in total. The van der Waals surface area contributed by atoms with Crippen LogP contribution in [0.2, 0.25) is 5.02 Å². The second-order valence-corrected chi connectivity index (χ2v) is 5.21. The maximum atomic E-state index is 12.2. The third-order valence-electron chi connectivity index (χ3n) is 3.35. The third-order valence-corrected chi connectivity index (χ3v) is 3.58. The summed E-state index contributed by atoms with van der Waals surface area (Å²) in [5.41, 5.74) is 6.75. The summed E-state index contributed by atoms with van der Waals surface area (Å²) < 4.78 is 0. The van der Waals surface area contributed by atoms with Crippen LogP contribution in [0.15, 0.2) is 18.2 Å². The number of hydrogen-bond acceptors (Lipinski definition) is 4. The van der Waals surface area contributed by atoms with Gasteiger partial charge in [0.25, 0.3) is 0 Å². The number of nitriles is 1. The van der Waals surface area contributed by atoms with Gasteiger partial charge in [-0.2, -0.15) is 5.26 Å². The number of rotatable bonds is 5. The van der Waals surface area contributed by atoms with Crippen LogP contribution in [0.25, 0.3) is 0 Å². The molecule has 1 rings (SSSR count). The average Bonchev–Trinajstić information content (AvgIpc) is 2.41. The molecule has 0 aromatic heterocycles. The highest BCUT2D eigenvalue weighted by atomic mass is 35.5. The van der Waals surface area contributed by atoms with Crippen molar-refractivity contribution in [3.8, 4) is 6.07 Å². The molecule has 2 atom stereocenters. The normalized spacial score (nSPS) is 13.6. The van der Waals surface area contributed by atoms with Crippen LogP contribution in [0.3, 0.4) is 0 Å². The van der Waals surface area contributed by atoms with Crippen LogP contribution in [0.4, 0.5) is 11.4 Å². The summed E-state index contributed by atoms with van der Waals surface area (Å²) in [4.78, 5) is 14.0. The van der Waals surface area contributed by atoms with Crippen molar-refractivity contribution >= 4 is 28.9 Å². The first-order valence-electron chi connectivity index (χ1n) is 6.31. The van der Waals surface area contributed by atoms with E-state index in [0.29, 0.717) is 22.8 Å². The first-order valence-corrected chi connectivity index (χ1v) is 6.69. The summed E-state index contributed by atoms with van der Waals surface area (Å²) in [5, 5.41) is 12.0. The molecule has 0 aliphatic carbocycles. The Morgan fingerprint density at radius 1 is 1.55 bits per heavy atom. The van der Waals surface area contributed by atoms with Gasteiger partial charge in [0.2, 0.25) is 5.91 Å². The molecule has 0 fully saturated rings. The Balaban J connectivity index is 2.75. The van der Waals surface area contributed by atoms with Crippen LogP contribution in [0, 0.1) is 11.3 Å². The van der Waals surface area contributed by atoms with E-state index in [-0.39, 0.29) is 18.0 Å². The van der Waals surface area contributed by atoms with Crippen LogP contribution in [-0.4, -0.2) is 29.9 Å². The second-order valence-electron chi connectivity index (χ2n) is 4.77. The van der Waals surface area contributed by atoms with Gasteiger partial charge in [0.1, 0.15) is 0 Å². The second kappa shape index (κ2) is 7.13. The van der Waals surface area contributed by atoms with Gasteiger partial charge in [-0.25, -0.2) is 0 Å². The van der Waals surface area contributed by atoms with Crippen molar-refractivity contribution in [3.05, 3.63) is 23.2 Å². The predicted molar refractivity (Wildman–Crippen MR) is 81.4 cm³/mol. The van der Waals surface area contributed by atoms with Crippen molar-refractivity contribution in [1.29, 1.82) is 5.26 Å². The molecule has 0 spiro atoms. The summed E-state index contributed by atoms with van der Waals surface area (Å²) in [5.74, 6) is -0.189. The van der Waals surface area contributed by atoms with Crippen LogP contribution in [-0.2, 0) is 4.79 Å². The molecule has 1 amide bonds. The number of carbonyl (C=O) groups excluding carboxylic acids is 1. The monoisotopic (exact) mass is 294 g/mol. The number of likely N-dealkylation sites (N-methyl/N-ethyl adjacent to an activating group) is 1. The van der Waals surface area contributed by atoms with Crippen molar-refractivity contribution in [3.63, 3.8) is 0 Å². The maximum Gasteiger partial charge on any atom is 0.241 e. The van der Waals surface area contributed by atoms with E-state index < -0.39 is 0 Å². The van der Waals surface area contributed by atoms with E-state index in [2.05, 4.69) is 11.4 Å². The van der Waals surface area contributed by atoms with Gasteiger partial charge in [-0.1, -0.05) is 11.6 Å². The third kappa shape index (κ3) is 4.12. The highest BCUT2D eigenvalue weighted by Crippen LogP contribution is 2.23. The SMILES string of the molecule is CC(CC#N)N(C)C(C)C(=O)Nc1cc(Cl)ccc1N. The number of nitrogens with zero attached hydrogens (tertiary/aromatic N) is 2. The minimum atomic E-state index is -0.378. The van der Waals surface area contributed by atoms with Gasteiger partial charge in [-0.05, 0) is 39.1 Å². The van der Waals surface area contributed by atoms with Crippen molar-refractivity contribution in [1.82, 2.24) is 4.90 Å². The fourth-order valence-electron chi connectivity index (χ4n) is 1.72. The molecule has 108 valence electrons. The molecule has 1 aromatic rings. The van der Waals surface area contributed by atoms with Crippen molar-refractivity contribution in [2.24, 2.45) is 0 Å². The van der Waals surface area contributed by atoms with Gasteiger partial charge in [0.15, 0.2) is 0 Å². The highest BCUT2D eigenvalue weighted by molar-refractivity contribution is 6.31. The summed E-state index contributed by atoms with van der Waals surface area (Å²) in [7, 11) is 1.81. The van der Waals surface area contributed by atoms with E-state index in [4.69, 9.17) is 22.6 Å². The molecule has 0 bridgehead atoms. The lowest BCUT2D eigenvalue weighted by Crippen LogP contribution is -2.44. The van der Waals surface area contributed by atoms with Crippen LogP contribution in [0.5, 0.6) is 0 Å². The van der Waals surface area contributed by atoms with Gasteiger partial charge < -0.3 is 11.1 Å². The lowest BCUT2D eigenvalue weighted by atomic mass is 10.1. The Morgan fingerprint density at radius 2 is 2.20 bits per heavy atom. The zero-order valence-electron chi connectivity index (χ0n) is 11.9. The Morgan fingerprint density at radius 3 is 2.80 bits per heavy atom. The van der Waals surface area contributed by atoms with Gasteiger partial charge in [0.05, 0.1) is 29.9 Å². The number of anilines is 2. The number of halogens is 1. The molecule has 0 aliphatic heterocycles. The lowest BCUT2D eigenvalue weighted by Gasteiger charge is -2.28. The van der Waals surface area contributed by atoms with E-state index in [1.165, 1.54) is 0 Å². The quantitative estimate of drug-likeness (QED) is 0.817. The summed E-state index contributed by atoms with van der Waals surface area (Å²) >= 11 is 5.88. The molecule has 3 N–H and O–H groups in total. The number of nitrogens with one attached hydrogen (secondary N) is 1. The smallest absolute Gasteiger partial charge is 0.241 e. The fraction of sp³-hybridized carbons (Fsp3) is 0.429. The van der Waals surface area contributed by atoms with Gasteiger partial charge >= 0.3 is 0 Å². The molecule has 6 heteroatoms. The standard InChI is InChI=1S/C14H19ClN4O/c1-9(6-7-16)19(3)10(2)14(20)18-13-8-11(15)4-5-12(13)17/h4-5,8-10H,6,17H2,1-3H3,(H,18,20). The van der Waals surface area contributed by atoms with Gasteiger partial charge in [0, 0.05) is 11.1 Å². The van der Waals surface area contributed by atoms with Crippen LogP contribution < -0.4 is 11.1 Å². The molecule has 0 radical (unpaired) electrons. The van der Waals surface area contributed by atoms with E-state index in [0.717, 1.165) is 0 Å². The van der Waals surface area contributed by atoms with E-state index >= 15 is 0 Å². The van der Waals surface area contributed by atoms with Crippen LogP contribution in [0.1, 0.15) is 20.3 Å². The Bertz CT molecular complexity index is 526. The summed E-state index contributed by atoms with van der Waals surface area (Å²) in [6.07, 6.45) is 0.368. The van der Waals surface area contributed by atoms with Crippen molar-refractivity contribution < 1.29 is 4.79 Å². The molecule has 0 aliphatic rings. The van der Waals surface area contributed by atoms with E-state index in [1.54, 1.807) is 25.1 Å². The molecule has 0 saturated heterocycles. The van der Waals surface area contributed by atoms with E-state index in [1.807, 2.05) is 18.9 Å². The molecule has 1 aromatic carbocycles. The Hall–Kier alpha value is -1.77. The van der Waals surface area contributed by atoms with Crippen molar-refractivity contribution in [2.75, 3.05) is 18.1 Å². The number of benzene rings is 1. The number of hydrogen-bond donors (Lipinski definition) is 2. The number of amides is 1. The number of nitrogens with two attached hydrogens (primary N) is 1. The van der Waals surface area contributed by atoms with Crippen LogP contribution >= 0.6 is 11.6 Å². The van der Waals surface area contributed by atoms with Gasteiger partial charge in [-0.3, -0.25) is 9.69 Å². The zero-order valence-corrected chi connectivity index (χ0v) is 12.6. The minimum absolute atomic E-state index is 0.00235. The Kier molecular flexibility index (Phi) is 5.81. The molecular formula is C14H19ClN4O. The number of carbonyl (C=O) groups is 1. The number of nitrogen functional groups attached to an aromatic ring is 1. The molecule has 0 saturated carbocycles. The van der Waals surface area contributed by atoms with Gasteiger partial charge in [-0.15, -0.1) is 0 Å². The molecule has 2 unspecified atom stereocenters. The lowest BCUT2D eigenvalue weighted by molar-refractivity contribution is -0.120. The predicted octanol–water partition coefficient (Wildman–Crippen LogP) is 2.48. The Labute approximate surface area is 124 Å². The molecule has 0 heterocycles. The largest absolute Gasteiger partial charge is 0.397 e. The summed E-state index contributed by atoms with van der Waals surface area (Å²) in [6.45, 7) is 3.69. The molecular weight excluding hydrogens is 276 g/mol. The van der Waals surface area contributed by atoms with Crippen molar-refractivity contribution in [2.45, 2.75) is 32.4 Å².